The van der Waals surface area contributed by atoms with E-state index in [2.05, 4.69) is 355 Å². The summed E-state index contributed by atoms with van der Waals surface area (Å²) >= 11 is 0. The summed E-state index contributed by atoms with van der Waals surface area (Å²) in [4.78, 5) is 16.0. The number of aryl methyl sites for hydroxylation is 11. The Hall–Kier alpha value is -11.9. The van der Waals surface area contributed by atoms with Crippen LogP contribution >= 0.6 is 0 Å². The number of para-hydroxylation sites is 1. The van der Waals surface area contributed by atoms with Gasteiger partial charge in [0.25, 0.3) is 26.9 Å². The van der Waals surface area contributed by atoms with Crippen molar-refractivity contribution in [3.63, 3.8) is 0 Å². The lowest BCUT2D eigenvalue weighted by atomic mass is 9.28. The second-order valence-corrected chi connectivity index (χ2v) is 32.5. The van der Waals surface area contributed by atoms with Gasteiger partial charge >= 0.3 is 0 Å². The van der Waals surface area contributed by atoms with Gasteiger partial charge in [0.05, 0.1) is 0 Å². The van der Waals surface area contributed by atoms with E-state index >= 15 is 0 Å². The van der Waals surface area contributed by atoms with Gasteiger partial charge in [0.15, 0.2) is 0 Å². The maximum absolute atomic E-state index is 2.71. The number of hydrogen-bond donors (Lipinski definition) is 0. The number of rotatable bonds is 6. The van der Waals surface area contributed by atoms with Gasteiger partial charge in [-0.05, 0) is 325 Å². The van der Waals surface area contributed by atoms with Gasteiger partial charge in [-0.3, -0.25) is 0 Å². The van der Waals surface area contributed by atoms with E-state index in [4.69, 9.17) is 0 Å². The molecule has 14 aromatic carbocycles. The zero-order valence-electron chi connectivity index (χ0n) is 62.8. The molecule has 508 valence electrons. The first-order valence-corrected chi connectivity index (χ1v) is 38.4. The van der Waals surface area contributed by atoms with Crippen molar-refractivity contribution in [1.29, 1.82) is 0 Å². The van der Waals surface area contributed by atoms with Gasteiger partial charge in [-0.15, -0.1) is 0 Å². The van der Waals surface area contributed by atoms with E-state index in [1.54, 1.807) is 0 Å². The van der Waals surface area contributed by atoms with Crippen molar-refractivity contribution in [2.45, 2.75) is 89.5 Å². The van der Waals surface area contributed by atoms with Gasteiger partial charge in [0.2, 0.25) is 0 Å². The lowest BCUT2D eigenvalue weighted by Crippen LogP contribution is -2.69. The van der Waals surface area contributed by atoms with Crippen molar-refractivity contribution in [2.75, 3.05) is 29.4 Å². The molecule has 0 bridgehead atoms. The van der Waals surface area contributed by atoms with E-state index in [1.807, 2.05) is 0 Å². The fourth-order valence-electron chi connectivity index (χ4n) is 21.0. The zero-order valence-corrected chi connectivity index (χ0v) is 62.8. The van der Waals surface area contributed by atoms with Gasteiger partial charge in [0, 0.05) is 102 Å². The standard InChI is InChI=1S/C97H78B4N6/c1-54-17-15-19-68(39-54)102-83-47-58(5)23-30-73(83)98-74-31-24-59(6)48-84(74)107-85-49-60(7)25-32-75(85)99-76-33-28-66(51-86(76)103(69-20-16-18-55(2)40-69)89-53-88(102)90(98)96(107)91(89)99)50-67-29-34-77-87(52-67)105(71-43-63(10)38-64(11)44-71)95-65(12)94-92-97-93(95)101(77)79-46-57(4)27-36-82(79)106(97)81-35-26-56(3)45-78(81)100(92)72-21-13-14-22-80(72)104(94)70-41-61(8)37-62(9)42-70/h13-49,51-53H,50H2,1-12H3. The number of benzene rings is 14. The quantitative estimate of drug-likeness (QED) is 0.153. The lowest BCUT2D eigenvalue weighted by molar-refractivity contribution is 1.16. The van der Waals surface area contributed by atoms with Crippen molar-refractivity contribution >= 4 is 195 Å². The zero-order chi connectivity index (χ0) is 72.2. The molecule has 0 aromatic heterocycles. The number of nitrogens with zero attached hydrogens (tertiary/aromatic N) is 6. The first kappa shape index (κ1) is 62.5. The maximum atomic E-state index is 2.71. The van der Waals surface area contributed by atoms with Gasteiger partial charge in [-0.25, -0.2) is 0 Å². The molecule has 8 aliphatic heterocycles. The third-order valence-corrected chi connectivity index (χ3v) is 24.9. The van der Waals surface area contributed by atoms with Crippen LogP contribution in [0.1, 0.15) is 77.9 Å². The van der Waals surface area contributed by atoms with E-state index in [1.165, 1.54) is 240 Å². The highest BCUT2D eigenvalue weighted by Crippen LogP contribution is 2.55. The summed E-state index contributed by atoms with van der Waals surface area (Å²) in [5.41, 5.74) is 56.1. The van der Waals surface area contributed by atoms with E-state index in [0.29, 0.717) is 0 Å². The van der Waals surface area contributed by atoms with Crippen LogP contribution in [-0.2, 0) is 6.42 Å². The summed E-state index contributed by atoms with van der Waals surface area (Å²) in [5.74, 6) is 0. The molecule has 0 unspecified atom stereocenters. The fraction of sp³-hybridized carbons (Fsp3) is 0.134. The Morgan fingerprint density at radius 2 is 0.533 bits per heavy atom. The first-order chi connectivity index (χ1) is 52.0. The molecule has 0 fully saturated rings. The monoisotopic (exact) mass is 1370 g/mol. The van der Waals surface area contributed by atoms with Crippen molar-refractivity contribution < 1.29 is 0 Å². The van der Waals surface area contributed by atoms with Crippen LogP contribution in [0, 0.1) is 83.1 Å². The van der Waals surface area contributed by atoms with E-state index in [-0.39, 0.29) is 26.9 Å². The molecule has 8 heterocycles. The number of anilines is 18. The average Bonchev–Trinajstić information content (AvgIpc) is 0.674. The Kier molecular flexibility index (Phi) is 13.1. The molecule has 8 aliphatic rings. The minimum absolute atomic E-state index is 0.000774. The molecule has 0 N–H and O–H groups in total. The lowest BCUT2D eigenvalue weighted by Gasteiger charge is -2.52. The fourth-order valence-corrected chi connectivity index (χ4v) is 21.0. The van der Waals surface area contributed by atoms with E-state index in [9.17, 15) is 0 Å². The highest BCUT2D eigenvalue weighted by molar-refractivity contribution is 7.06. The van der Waals surface area contributed by atoms with Crippen LogP contribution in [0.4, 0.5) is 102 Å². The summed E-state index contributed by atoms with van der Waals surface area (Å²) in [6.07, 6.45) is 0.721. The second kappa shape index (κ2) is 22.4. The molecular weight excluding hydrogens is 1290 g/mol. The normalized spacial score (nSPS) is 14.2. The minimum atomic E-state index is -0.0614. The second-order valence-electron chi connectivity index (χ2n) is 32.5. The summed E-state index contributed by atoms with van der Waals surface area (Å²) < 4.78 is 0. The minimum Gasteiger partial charge on any atom is -0.312 e. The molecule has 0 amide bonds. The van der Waals surface area contributed by atoms with Crippen LogP contribution in [0.25, 0.3) is 0 Å². The molecule has 0 radical (unpaired) electrons. The number of hydrogen-bond acceptors (Lipinski definition) is 6. The molecular formula is C97H78B4N6. The molecule has 0 spiro atoms. The summed E-state index contributed by atoms with van der Waals surface area (Å²) in [5, 5.41) is 0. The van der Waals surface area contributed by atoms with Crippen LogP contribution in [0.2, 0.25) is 0 Å². The van der Waals surface area contributed by atoms with Crippen LogP contribution in [0.15, 0.2) is 243 Å². The highest BCUT2D eigenvalue weighted by Gasteiger charge is 2.55. The molecule has 0 saturated carbocycles. The van der Waals surface area contributed by atoms with Crippen molar-refractivity contribution in [2.24, 2.45) is 0 Å². The maximum Gasteiger partial charge on any atom is 0.252 e. The van der Waals surface area contributed by atoms with Crippen LogP contribution < -0.4 is 95.0 Å². The van der Waals surface area contributed by atoms with Crippen molar-refractivity contribution in [3.8, 4) is 0 Å². The van der Waals surface area contributed by atoms with Gasteiger partial charge in [0.1, 0.15) is 0 Å². The summed E-state index contributed by atoms with van der Waals surface area (Å²) in [7, 11) is 0. The van der Waals surface area contributed by atoms with E-state index < -0.39 is 0 Å². The predicted molar refractivity (Wildman–Crippen MR) is 459 cm³/mol. The Labute approximate surface area is 630 Å². The molecule has 0 saturated heterocycles. The van der Waals surface area contributed by atoms with Gasteiger partial charge < -0.3 is 29.4 Å². The molecule has 10 heteroatoms. The van der Waals surface area contributed by atoms with E-state index in [0.717, 1.165) is 12.1 Å². The summed E-state index contributed by atoms with van der Waals surface area (Å²) in [6.45, 7) is 27.2. The topological polar surface area (TPSA) is 19.4 Å². The molecule has 0 atom stereocenters. The van der Waals surface area contributed by atoms with Gasteiger partial charge in [-0.2, -0.15) is 0 Å². The third-order valence-electron chi connectivity index (χ3n) is 24.9. The predicted octanol–water partition coefficient (Wildman–Crippen LogP) is 16.4. The van der Waals surface area contributed by atoms with Crippen LogP contribution in [0.3, 0.4) is 0 Å². The molecule has 6 nitrogen and oxygen atoms in total. The smallest absolute Gasteiger partial charge is 0.252 e. The van der Waals surface area contributed by atoms with Gasteiger partial charge in [-0.1, -0.05) is 151 Å². The SMILES string of the molecule is Cc1cccc(N2c3cc(C)ccc3B3c4ccc(C)cc4N4c5cc(C)ccc5B5c6ccc(Cc7ccc8c(c7)N(c7cc(C)cc(C)c7)c7c(C)c9c%10c%11c7B8c7cc(C)ccc7N%11c7ccc(C)cc7B%10c7ccccc7N9c7cc(C)cc(C)c7)cc6N(c6cccc(C)c6)c6cc2c3c4c65)c1. The largest absolute Gasteiger partial charge is 0.312 e. The molecule has 0 aliphatic carbocycles. The third kappa shape index (κ3) is 8.75. The first-order valence-electron chi connectivity index (χ1n) is 38.4. The van der Waals surface area contributed by atoms with Crippen molar-refractivity contribution in [1.82, 2.24) is 0 Å². The Morgan fingerprint density at radius 3 is 1.00 bits per heavy atom. The summed E-state index contributed by atoms with van der Waals surface area (Å²) in [6, 6.07) is 96.1. The Morgan fingerprint density at radius 1 is 0.196 bits per heavy atom. The molecule has 22 rings (SSSR count). The number of fused-ring (bicyclic) bond motifs is 20. The van der Waals surface area contributed by atoms with Crippen LogP contribution in [0.5, 0.6) is 0 Å². The molecule has 14 aromatic rings. The molecule has 107 heavy (non-hydrogen) atoms. The van der Waals surface area contributed by atoms with Crippen molar-refractivity contribution in [3.05, 3.63) is 321 Å². The Bertz CT molecular complexity index is 6340. The van der Waals surface area contributed by atoms with Crippen LogP contribution in [-0.4, -0.2) is 26.9 Å². The Balaban J connectivity index is 0.778. The highest BCUT2D eigenvalue weighted by atomic mass is 15.2. The average molecular weight is 1370 g/mol.